The van der Waals surface area contributed by atoms with Crippen molar-refractivity contribution in [1.82, 2.24) is 15.5 Å². The number of amides is 4. The van der Waals surface area contributed by atoms with Crippen LogP contribution >= 0.6 is 0 Å². The molecule has 1 saturated heterocycles. The summed E-state index contributed by atoms with van der Waals surface area (Å²) in [4.78, 5) is 49.9. The lowest BCUT2D eigenvalue weighted by Gasteiger charge is -2.43. The van der Waals surface area contributed by atoms with Crippen LogP contribution in [0.5, 0.6) is 0 Å². The number of carbonyl (C=O) groups excluding carboxylic acids is 4. The molecule has 1 saturated carbocycles. The Hall–Kier alpha value is -2.12. The summed E-state index contributed by atoms with van der Waals surface area (Å²) in [7, 11) is 0. The third kappa shape index (κ3) is 4.99. The first-order valence-corrected chi connectivity index (χ1v) is 9.57. The van der Waals surface area contributed by atoms with E-state index in [2.05, 4.69) is 31.4 Å². The number of nitrogens with zero attached hydrogens (tertiary/aromatic N) is 1. The minimum atomic E-state index is -0.952. The molecule has 8 nitrogen and oxygen atoms in total. The Morgan fingerprint density at radius 3 is 2.59 bits per heavy atom. The number of rotatable bonds is 6. The maximum atomic E-state index is 12.9. The molecule has 152 valence electrons. The average molecular weight is 381 g/mol. The molecule has 4 amide bonds. The van der Waals surface area contributed by atoms with Gasteiger partial charge in [-0.3, -0.25) is 19.3 Å². The first-order chi connectivity index (χ1) is 12.5. The van der Waals surface area contributed by atoms with Crippen molar-refractivity contribution < 1.29 is 23.9 Å². The van der Waals surface area contributed by atoms with E-state index in [-0.39, 0.29) is 23.3 Å². The Kier molecular flexibility index (Phi) is 6.17. The fraction of sp³-hybridized carbons (Fsp3) is 0.789. The summed E-state index contributed by atoms with van der Waals surface area (Å²) in [5.41, 5.74) is -1.03. The summed E-state index contributed by atoms with van der Waals surface area (Å²) in [5, 5.41) is 5.49. The Balaban J connectivity index is 1.95. The average Bonchev–Trinajstić information content (AvgIpc) is 2.74. The minimum Gasteiger partial charge on any atom is -0.454 e. The van der Waals surface area contributed by atoms with E-state index in [1.165, 1.54) is 0 Å². The topological polar surface area (TPSA) is 105 Å². The zero-order valence-corrected chi connectivity index (χ0v) is 16.9. The molecule has 2 aliphatic rings. The van der Waals surface area contributed by atoms with E-state index in [1.54, 1.807) is 0 Å². The van der Waals surface area contributed by atoms with Gasteiger partial charge in [-0.15, -0.1) is 0 Å². The van der Waals surface area contributed by atoms with Crippen LogP contribution in [0.15, 0.2) is 0 Å². The van der Waals surface area contributed by atoms with Gasteiger partial charge in [-0.2, -0.15) is 0 Å². The van der Waals surface area contributed by atoms with E-state index in [0.29, 0.717) is 12.8 Å². The lowest BCUT2D eigenvalue weighted by molar-refractivity contribution is -0.151. The summed E-state index contributed by atoms with van der Waals surface area (Å²) in [6.07, 6.45) is 2.84. The van der Waals surface area contributed by atoms with Gasteiger partial charge in [-0.25, -0.2) is 4.79 Å². The number of urea groups is 1. The second kappa shape index (κ2) is 7.86. The second-order valence-corrected chi connectivity index (χ2v) is 8.80. The Morgan fingerprint density at radius 2 is 2.00 bits per heavy atom. The van der Waals surface area contributed by atoms with Gasteiger partial charge >= 0.3 is 12.0 Å². The van der Waals surface area contributed by atoms with E-state index in [1.807, 2.05) is 13.8 Å². The number of carbonyl (C=O) groups is 4. The fourth-order valence-electron chi connectivity index (χ4n) is 4.39. The number of ether oxygens (including phenoxy) is 1. The van der Waals surface area contributed by atoms with Gasteiger partial charge in [-0.1, -0.05) is 27.7 Å². The monoisotopic (exact) mass is 381 g/mol. The van der Waals surface area contributed by atoms with Crippen molar-refractivity contribution in [2.75, 3.05) is 13.2 Å². The van der Waals surface area contributed by atoms with Crippen molar-refractivity contribution >= 4 is 23.8 Å². The largest absolute Gasteiger partial charge is 0.454 e. The van der Waals surface area contributed by atoms with Crippen LogP contribution in [-0.4, -0.2) is 53.4 Å². The van der Waals surface area contributed by atoms with Crippen LogP contribution in [-0.2, 0) is 19.1 Å². The first-order valence-electron chi connectivity index (χ1n) is 9.57. The number of esters is 1. The molecule has 0 radical (unpaired) electrons. The van der Waals surface area contributed by atoms with E-state index >= 15 is 0 Å². The van der Waals surface area contributed by atoms with E-state index in [4.69, 9.17) is 4.74 Å². The molecule has 0 bridgehead atoms. The van der Waals surface area contributed by atoms with Gasteiger partial charge in [0, 0.05) is 6.04 Å². The zero-order valence-electron chi connectivity index (χ0n) is 16.9. The summed E-state index contributed by atoms with van der Waals surface area (Å²) < 4.78 is 4.92. The van der Waals surface area contributed by atoms with Crippen LogP contribution in [0.4, 0.5) is 4.79 Å². The van der Waals surface area contributed by atoms with Gasteiger partial charge in [0.15, 0.2) is 6.61 Å². The highest BCUT2D eigenvalue weighted by Gasteiger charge is 2.56. The molecule has 0 aromatic rings. The Labute approximate surface area is 160 Å². The third-order valence-corrected chi connectivity index (χ3v) is 5.30. The maximum Gasteiger partial charge on any atom is 0.326 e. The van der Waals surface area contributed by atoms with Crippen molar-refractivity contribution in [2.45, 2.75) is 71.9 Å². The van der Waals surface area contributed by atoms with Crippen LogP contribution in [0, 0.1) is 11.3 Å². The third-order valence-electron chi connectivity index (χ3n) is 5.30. The van der Waals surface area contributed by atoms with E-state index < -0.39 is 36.6 Å². The molecule has 0 aromatic carbocycles. The van der Waals surface area contributed by atoms with Crippen LogP contribution in [0.3, 0.4) is 0 Å². The normalized spacial score (nSPS) is 28.0. The van der Waals surface area contributed by atoms with Crippen molar-refractivity contribution in [3.8, 4) is 0 Å². The molecule has 2 fully saturated rings. The molecule has 3 atom stereocenters. The van der Waals surface area contributed by atoms with Gasteiger partial charge < -0.3 is 15.4 Å². The number of imide groups is 1. The van der Waals surface area contributed by atoms with Crippen molar-refractivity contribution in [1.29, 1.82) is 0 Å². The van der Waals surface area contributed by atoms with Crippen LogP contribution < -0.4 is 10.6 Å². The van der Waals surface area contributed by atoms with Crippen LogP contribution in [0.1, 0.15) is 60.3 Å². The predicted octanol–water partition coefficient (Wildman–Crippen LogP) is 1.58. The molecule has 1 spiro atoms. The molecular weight excluding hydrogens is 350 g/mol. The molecule has 1 aliphatic carbocycles. The highest BCUT2D eigenvalue weighted by atomic mass is 16.5. The number of hydrogen-bond acceptors (Lipinski definition) is 5. The number of hydrogen-bond donors (Lipinski definition) is 2. The molecule has 2 rings (SSSR count). The fourth-order valence-corrected chi connectivity index (χ4v) is 4.39. The molecule has 2 N–H and O–H groups in total. The van der Waals surface area contributed by atoms with Crippen LogP contribution in [0.2, 0.25) is 0 Å². The second-order valence-electron chi connectivity index (χ2n) is 8.80. The highest BCUT2D eigenvalue weighted by Crippen LogP contribution is 2.46. The van der Waals surface area contributed by atoms with Gasteiger partial charge in [0.2, 0.25) is 0 Å². The minimum absolute atomic E-state index is 0.0151. The van der Waals surface area contributed by atoms with Gasteiger partial charge in [0.1, 0.15) is 12.1 Å². The summed E-state index contributed by atoms with van der Waals surface area (Å²) in [5.74, 6) is -1.28. The van der Waals surface area contributed by atoms with Gasteiger partial charge in [0.25, 0.3) is 11.8 Å². The van der Waals surface area contributed by atoms with Crippen molar-refractivity contribution in [3.63, 3.8) is 0 Å². The first kappa shape index (κ1) is 21.2. The highest BCUT2D eigenvalue weighted by molar-refractivity contribution is 6.08. The SMILES string of the molecule is CC[C@@H](C)NC(=O)COC(=O)CN1C(=O)N[C@@]2(C[C@H](C)CC(C)(C)C2)C1=O. The molecule has 0 aromatic heterocycles. The lowest BCUT2D eigenvalue weighted by Crippen LogP contribution is -2.54. The Morgan fingerprint density at radius 1 is 1.33 bits per heavy atom. The maximum absolute atomic E-state index is 12.9. The van der Waals surface area contributed by atoms with Crippen molar-refractivity contribution in [3.05, 3.63) is 0 Å². The quantitative estimate of drug-likeness (QED) is 0.537. The zero-order chi connectivity index (χ0) is 20.4. The summed E-state index contributed by atoms with van der Waals surface area (Å²) >= 11 is 0. The van der Waals surface area contributed by atoms with E-state index in [0.717, 1.165) is 17.7 Å². The predicted molar refractivity (Wildman–Crippen MR) is 98.6 cm³/mol. The molecule has 1 heterocycles. The van der Waals surface area contributed by atoms with Crippen molar-refractivity contribution in [2.24, 2.45) is 11.3 Å². The molecular formula is C19H31N3O5. The molecule has 1 aliphatic heterocycles. The lowest BCUT2D eigenvalue weighted by atomic mass is 9.64. The molecule has 0 unspecified atom stereocenters. The standard InChI is InChI=1S/C19H31N3O5/c1-6-13(3)20-14(23)10-27-15(24)9-22-16(25)19(21-17(22)26)8-12(2)7-18(4,5)11-19/h12-13H,6-11H2,1-5H3,(H,20,23)(H,21,26)/t12-,13-,19-/m1/s1. The van der Waals surface area contributed by atoms with E-state index in [9.17, 15) is 19.2 Å². The summed E-state index contributed by atoms with van der Waals surface area (Å²) in [6.45, 7) is 9.08. The number of nitrogens with one attached hydrogen (secondary N) is 2. The Bertz CT molecular complexity index is 633. The van der Waals surface area contributed by atoms with Crippen LogP contribution in [0.25, 0.3) is 0 Å². The van der Waals surface area contributed by atoms with Gasteiger partial charge in [0.05, 0.1) is 0 Å². The molecule has 27 heavy (non-hydrogen) atoms. The van der Waals surface area contributed by atoms with Gasteiger partial charge in [-0.05, 0) is 43.9 Å². The summed E-state index contributed by atoms with van der Waals surface area (Å²) in [6, 6.07) is -0.593. The molecule has 8 heteroatoms. The smallest absolute Gasteiger partial charge is 0.326 e.